The summed E-state index contributed by atoms with van der Waals surface area (Å²) in [6.07, 6.45) is 5.33. The number of anilines is 1. The molecule has 1 aromatic carbocycles. The topological polar surface area (TPSA) is 72.2 Å². The summed E-state index contributed by atoms with van der Waals surface area (Å²) in [4.78, 5) is 0.216. The van der Waals surface area contributed by atoms with Gasteiger partial charge in [-0.05, 0) is 57.4 Å². The second-order valence-electron chi connectivity index (χ2n) is 5.24. The first-order chi connectivity index (χ1) is 8.52. The van der Waals surface area contributed by atoms with Gasteiger partial charge in [0, 0.05) is 5.69 Å². The molecule has 0 aliphatic carbocycles. The predicted octanol–water partition coefficient (Wildman–Crippen LogP) is 1.88. The molecule has 0 aliphatic rings. The summed E-state index contributed by atoms with van der Waals surface area (Å²) in [5.74, 6) is 2.41. The van der Waals surface area contributed by atoms with Crippen molar-refractivity contribution in [2.45, 2.75) is 45.1 Å². The number of benzene rings is 1. The van der Waals surface area contributed by atoms with Crippen molar-refractivity contribution in [1.82, 2.24) is 4.72 Å². The quantitative estimate of drug-likeness (QED) is 0.656. The van der Waals surface area contributed by atoms with E-state index in [1.54, 1.807) is 33.8 Å². The minimum atomic E-state index is -3.71. The first-order valence-electron chi connectivity index (χ1n) is 5.90. The summed E-state index contributed by atoms with van der Waals surface area (Å²) in [5.41, 5.74) is 7.43. The first kappa shape index (κ1) is 15.5. The van der Waals surface area contributed by atoms with Gasteiger partial charge < -0.3 is 5.73 Å². The molecule has 1 rings (SSSR count). The van der Waals surface area contributed by atoms with Gasteiger partial charge in [0.25, 0.3) is 0 Å². The van der Waals surface area contributed by atoms with Crippen LogP contribution in [0.3, 0.4) is 0 Å². The van der Waals surface area contributed by atoms with Crippen LogP contribution in [-0.2, 0) is 10.0 Å². The predicted molar refractivity (Wildman–Crippen MR) is 78.3 cm³/mol. The van der Waals surface area contributed by atoms with Crippen LogP contribution < -0.4 is 10.5 Å². The van der Waals surface area contributed by atoms with E-state index in [1.165, 1.54) is 0 Å². The van der Waals surface area contributed by atoms with Gasteiger partial charge in [0.15, 0.2) is 0 Å². The van der Waals surface area contributed by atoms with E-state index in [0.717, 1.165) is 5.56 Å². The molecular formula is C14H20N2O2S. The molecule has 0 aromatic heterocycles. The molecule has 0 bridgehead atoms. The Bertz CT molecular complexity index is 627. The van der Waals surface area contributed by atoms with Crippen molar-refractivity contribution in [3.05, 3.63) is 22.8 Å². The lowest BCUT2D eigenvalue weighted by Crippen LogP contribution is -2.42. The maximum atomic E-state index is 12.5. The number of terminal acetylenes is 1. The molecule has 0 aliphatic heterocycles. The summed E-state index contributed by atoms with van der Waals surface area (Å²) >= 11 is 0. The van der Waals surface area contributed by atoms with Crippen LogP contribution in [0.25, 0.3) is 0 Å². The summed E-state index contributed by atoms with van der Waals surface area (Å²) < 4.78 is 27.5. The Morgan fingerprint density at radius 1 is 1.26 bits per heavy atom. The van der Waals surface area contributed by atoms with Gasteiger partial charge in [-0.15, -0.1) is 6.42 Å². The fourth-order valence-electron chi connectivity index (χ4n) is 1.86. The normalized spacial score (nSPS) is 12.2. The highest BCUT2D eigenvalue weighted by Gasteiger charge is 2.28. The number of hydrogen-bond acceptors (Lipinski definition) is 3. The van der Waals surface area contributed by atoms with Gasteiger partial charge in [0.05, 0.1) is 10.4 Å². The highest BCUT2D eigenvalue weighted by molar-refractivity contribution is 7.89. The molecule has 1 aromatic rings. The van der Waals surface area contributed by atoms with Gasteiger partial charge >= 0.3 is 0 Å². The third-order valence-corrected chi connectivity index (χ3v) is 5.03. The maximum absolute atomic E-state index is 12.5. The highest BCUT2D eigenvalue weighted by Crippen LogP contribution is 2.28. The molecule has 104 valence electrons. The van der Waals surface area contributed by atoms with Crippen LogP contribution in [-0.4, -0.2) is 14.0 Å². The zero-order chi connectivity index (χ0) is 15.0. The largest absolute Gasteiger partial charge is 0.398 e. The molecule has 0 spiro atoms. The van der Waals surface area contributed by atoms with Gasteiger partial charge in [-0.1, -0.05) is 5.92 Å². The van der Waals surface area contributed by atoms with E-state index in [4.69, 9.17) is 12.2 Å². The Morgan fingerprint density at radius 3 is 2.26 bits per heavy atom. The van der Waals surface area contributed by atoms with E-state index in [2.05, 4.69) is 10.6 Å². The lowest BCUT2D eigenvalue weighted by molar-refractivity contribution is 0.538. The summed E-state index contributed by atoms with van der Waals surface area (Å²) in [5, 5.41) is 0. The molecule has 0 radical (unpaired) electrons. The number of aryl methyl sites for hydroxylation is 1. The molecule has 3 N–H and O–H groups in total. The molecule has 0 unspecified atom stereocenters. The van der Waals surface area contributed by atoms with Gasteiger partial charge in [-0.2, -0.15) is 4.72 Å². The van der Waals surface area contributed by atoms with Gasteiger partial charge in [0.1, 0.15) is 0 Å². The Kier molecular flexibility index (Phi) is 3.99. The first-order valence-corrected chi connectivity index (χ1v) is 7.38. The Balaban J connectivity index is 3.51. The fourth-order valence-corrected chi connectivity index (χ4v) is 3.78. The number of nitrogens with two attached hydrogens (primary N) is 1. The van der Waals surface area contributed by atoms with E-state index in [0.29, 0.717) is 16.8 Å². The third-order valence-electron chi connectivity index (χ3n) is 3.10. The molecule has 0 fully saturated rings. The van der Waals surface area contributed by atoms with Crippen LogP contribution in [0, 0.1) is 33.1 Å². The Morgan fingerprint density at radius 2 is 1.79 bits per heavy atom. The average Bonchev–Trinajstić information content (AvgIpc) is 2.25. The zero-order valence-electron chi connectivity index (χ0n) is 12.0. The number of hydrogen-bond donors (Lipinski definition) is 2. The monoisotopic (exact) mass is 280 g/mol. The molecule has 4 nitrogen and oxygen atoms in total. The molecule has 0 saturated carbocycles. The van der Waals surface area contributed by atoms with Crippen LogP contribution in [0.15, 0.2) is 11.0 Å². The van der Waals surface area contributed by atoms with Crippen LogP contribution in [0.1, 0.15) is 30.5 Å². The van der Waals surface area contributed by atoms with Gasteiger partial charge in [-0.25, -0.2) is 8.42 Å². The third kappa shape index (κ3) is 3.09. The molecular weight excluding hydrogens is 260 g/mol. The fraction of sp³-hybridized carbons (Fsp3) is 0.429. The SMILES string of the molecule is C#CC(C)(C)NS(=O)(=O)c1c(C)c(C)cc(N)c1C. The zero-order valence-corrected chi connectivity index (χ0v) is 12.8. The Hall–Kier alpha value is -1.51. The molecule has 0 heterocycles. The van der Waals surface area contributed by atoms with Crippen molar-refractivity contribution in [1.29, 1.82) is 0 Å². The van der Waals surface area contributed by atoms with Crippen molar-refractivity contribution < 1.29 is 8.42 Å². The van der Waals surface area contributed by atoms with Crippen molar-refractivity contribution in [3.8, 4) is 12.3 Å². The summed E-state index contributed by atoms with van der Waals surface area (Å²) in [7, 11) is -3.71. The van der Waals surface area contributed by atoms with Crippen LogP contribution >= 0.6 is 0 Å². The molecule has 0 saturated heterocycles. The smallest absolute Gasteiger partial charge is 0.242 e. The standard InChI is InChI=1S/C14H20N2O2S/c1-7-14(5,6)16-19(17,18)13-10(3)9(2)8-12(15)11(13)4/h1,8,16H,15H2,2-6H3. The van der Waals surface area contributed by atoms with Crippen molar-refractivity contribution in [2.75, 3.05) is 5.73 Å². The number of nitrogens with one attached hydrogen (secondary N) is 1. The highest BCUT2D eigenvalue weighted by atomic mass is 32.2. The molecule has 19 heavy (non-hydrogen) atoms. The average molecular weight is 280 g/mol. The summed E-state index contributed by atoms with van der Waals surface area (Å²) in [6.45, 7) is 8.55. The summed E-state index contributed by atoms with van der Waals surface area (Å²) in [6, 6.07) is 1.77. The lowest BCUT2D eigenvalue weighted by Gasteiger charge is -2.22. The van der Waals surface area contributed by atoms with E-state index < -0.39 is 15.6 Å². The minimum Gasteiger partial charge on any atom is -0.398 e. The van der Waals surface area contributed by atoms with Crippen molar-refractivity contribution in [2.24, 2.45) is 0 Å². The minimum absolute atomic E-state index is 0.216. The number of rotatable bonds is 3. The van der Waals surface area contributed by atoms with E-state index in [1.807, 2.05) is 6.92 Å². The number of nitrogen functional groups attached to an aromatic ring is 1. The second-order valence-corrected chi connectivity index (χ2v) is 6.86. The van der Waals surface area contributed by atoms with Crippen LogP contribution in [0.5, 0.6) is 0 Å². The number of sulfonamides is 1. The van der Waals surface area contributed by atoms with E-state index >= 15 is 0 Å². The van der Waals surface area contributed by atoms with Crippen LogP contribution in [0.4, 0.5) is 5.69 Å². The van der Waals surface area contributed by atoms with E-state index in [-0.39, 0.29) is 4.90 Å². The van der Waals surface area contributed by atoms with E-state index in [9.17, 15) is 8.42 Å². The van der Waals surface area contributed by atoms with Crippen molar-refractivity contribution >= 4 is 15.7 Å². The van der Waals surface area contributed by atoms with Crippen LogP contribution in [0.2, 0.25) is 0 Å². The van der Waals surface area contributed by atoms with Gasteiger partial charge in [0.2, 0.25) is 10.0 Å². The van der Waals surface area contributed by atoms with Crippen molar-refractivity contribution in [3.63, 3.8) is 0 Å². The maximum Gasteiger partial charge on any atom is 0.242 e. The van der Waals surface area contributed by atoms with Gasteiger partial charge in [-0.3, -0.25) is 0 Å². The lowest BCUT2D eigenvalue weighted by atomic mass is 10.1. The Labute approximate surface area is 115 Å². The molecule has 0 amide bonds. The molecule has 5 heteroatoms. The second kappa shape index (κ2) is 4.87. The molecule has 0 atom stereocenters.